The summed E-state index contributed by atoms with van der Waals surface area (Å²) in [6.45, 7) is 2.63. The summed E-state index contributed by atoms with van der Waals surface area (Å²) >= 11 is 0. The Kier molecular flexibility index (Phi) is 4.73. The Morgan fingerprint density at radius 2 is 2.03 bits per heavy atom. The lowest BCUT2D eigenvalue weighted by Gasteiger charge is -2.37. The Hall–Kier alpha value is -2.73. The summed E-state index contributed by atoms with van der Waals surface area (Å²) in [5, 5.41) is 33.6. The van der Waals surface area contributed by atoms with Gasteiger partial charge in [-0.05, 0) is 37.6 Å². The number of pyridine rings is 1. The van der Waals surface area contributed by atoms with E-state index in [9.17, 15) is 24.1 Å². The maximum absolute atomic E-state index is 13.1. The van der Waals surface area contributed by atoms with Gasteiger partial charge in [-0.1, -0.05) is 0 Å². The standard InChI is InChI=1S/C19H21F2N5O4/c1-18(28,9-3-5-23-11(7-9)13(20)21)17-19(2,29)12(27)16(30-17)26-6-4-10-14(22)24-8-25-15(10)26/h3-8,12-13,16-17,27-29H,1-2H3,(H2,22,24,25)/t12-,16+,17+,18?,19-/m0/s1. The number of hydrogen-bond donors (Lipinski definition) is 4. The maximum atomic E-state index is 13.1. The van der Waals surface area contributed by atoms with Gasteiger partial charge in [0.15, 0.2) is 6.23 Å². The van der Waals surface area contributed by atoms with Gasteiger partial charge in [0.05, 0.1) is 5.39 Å². The first-order valence-corrected chi connectivity index (χ1v) is 9.15. The number of fused-ring (bicyclic) bond motifs is 1. The maximum Gasteiger partial charge on any atom is 0.280 e. The van der Waals surface area contributed by atoms with Crippen molar-refractivity contribution in [2.45, 2.75) is 49.9 Å². The minimum Gasteiger partial charge on any atom is -0.385 e. The van der Waals surface area contributed by atoms with Gasteiger partial charge in [-0.15, -0.1) is 0 Å². The predicted octanol–water partition coefficient (Wildman–Crippen LogP) is 1.26. The zero-order valence-corrected chi connectivity index (χ0v) is 16.1. The van der Waals surface area contributed by atoms with Gasteiger partial charge in [0, 0.05) is 12.4 Å². The molecule has 0 amide bonds. The van der Waals surface area contributed by atoms with Crippen molar-refractivity contribution in [1.82, 2.24) is 19.5 Å². The fourth-order valence-electron chi connectivity index (χ4n) is 3.94. The van der Waals surface area contributed by atoms with Crippen molar-refractivity contribution >= 4 is 16.9 Å². The summed E-state index contributed by atoms with van der Waals surface area (Å²) in [5.41, 5.74) is 1.89. The Bertz CT molecular complexity index is 1090. The normalized spacial score (nSPS) is 28.9. The van der Waals surface area contributed by atoms with Crippen molar-refractivity contribution in [2.24, 2.45) is 0 Å². The van der Waals surface area contributed by atoms with Crippen molar-refractivity contribution in [3.63, 3.8) is 0 Å². The molecule has 3 aromatic heterocycles. The summed E-state index contributed by atoms with van der Waals surface area (Å²) in [6.07, 6.45) is -2.84. The van der Waals surface area contributed by atoms with Gasteiger partial charge in [-0.3, -0.25) is 4.98 Å². The molecule has 1 saturated heterocycles. The van der Waals surface area contributed by atoms with Crippen LogP contribution in [-0.4, -0.2) is 52.6 Å². The zero-order valence-electron chi connectivity index (χ0n) is 16.1. The van der Waals surface area contributed by atoms with Gasteiger partial charge in [0.2, 0.25) is 0 Å². The molecule has 9 nitrogen and oxygen atoms in total. The third-order valence-corrected chi connectivity index (χ3v) is 5.59. The molecule has 1 unspecified atom stereocenters. The molecule has 5 atom stereocenters. The first-order chi connectivity index (χ1) is 14.0. The van der Waals surface area contributed by atoms with Crippen LogP contribution in [0.4, 0.5) is 14.6 Å². The lowest BCUT2D eigenvalue weighted by atomic mass is 9.80. The number of aliphatic hydroxyl groups excluding tert-OH is 1. The van der Waals surface area contributed by atoms with E-state index >= 15 is 0 Å². The summed E-state index contributed by atoms with van der Waals surface area (Å²) in [6, 6.07) is 4.03. The Balaban J connectivity index is 1.74. The SMILES string of the molecule is CC(O)(c1ccnc(C(F)F)c1)[C@H]1O[C@@H](n2ccc3c(N)ncnc32)[C@H](O)[C@]1(C)O. The van der Waals surface area contributed by atoms with Crippen molar-refractivity contribution in [3.8, 4) is 0 Å². The van der Waals surface area contributed by atoms with E-state index in [1.54, 1.807) is 12.3 Å². The number of nitrogen functional groups attached to an aromatic ring is 1. The Labute approximate surface area is 169 Å². The monoisotopic (exact) mass is 421 g/mol. The number of aliphatic hydroxyl groups is 3. The van der Waals surface area contributed by atoms with Crippen LogP contribution in [0, 0.1) is 0 Å². The number of rotatable bonds is 4. The molecule has 5 N–H and O–H groups in total. The zero-order chi connectivity index (χ0) is 21.8. The molecule has 0 saturated carbocycles. The van der Waals surface area contributed by atoms with Crippen LogP contribution in [0.3, 0.4) is 0 Å². The molecular formula is C19H21F2N5O4. The van der Waals surface area contributed by atoms with Crippen LogP contribution < -0.4 is 5.73 Å². The molecule has 0 radical (unpaired) electrons. The molecule has 0 aliphatic carbocycles. The predicted molar refractivity (Wildman–Crippen MR) is 101 cm³/mol. The molecule has 1 fully saturated rings. The van der Waals surface area contributed by atoms with Crippen LogP contribution in [0.25, 0.3) is 11.0 Å². The molecule has 4 rings (SSSR count). The van der Waals surface area contributed by atoms with Crippen molar-refractivity contribution in [2.75, 3.05) is 5.73 Å². The number of nitrogens with zero attached hydrogens (tertiary/aromatic N) is 4. The summed E-state index contributed by atoms with van der Waals surface area (Å²) in [7, 11) is 0. The highest BCUT2D eigenvalue weighted by atomic mass is 19.3. The molecular weight excluding hydrogens is 400 g/mol. The van der Waals surface area contributed by atoms with E-state index < -0.39 is 41.8 Å². The molecule has 0 spiro atoms. The van der Waals surface area contributed by atoms with Crippen LogP contribution in [0.2, 0.25) is 0 Å². The lowest BCUT2D eigenvalue weighted by Crippen LogP contribution is -2.53. The van der Waals surface area contributed by atoms with Crippen LogP contribution in [0.1, 0.15) is 37.8 Å². The van der Waals surface area contributed by atoms with Gasteiger partial charge in [0.25, 0.3) is 6.43 Å². The average Bonchev–Trinajstić information content (AvgIpc) is 3.22. The van der Waals surface area contributed by atoms with Crippen molar-refractivity contribution < 1.29 is 28.8 Å². The fraction of sp³-hybridized carbons (Fsp3) is 0.421. The number of ether oxygens (including phenoxy) is 1. The van der Waals surface area contributed by atoms with Crippen LogP contribution >= 0.6 is 0 Å². The third-order valence-electron chi connectivity index (χ3n) is 5.59. The Morgan fingerprint density at radius 3 is 2.73 bits per heavy atom. The van der Waals surface area contributed by atoms with Crippen molar-refractivity contribution in [1.29, 1.82) is 0 Å². The van der Waals surface area contributed by atoms with Gasteiger partial charge in [-0.25, -0.2) is 18.7 Å². The number of anilines is 1. The van der Waals surface area contributed by atoms with E-state index in [1.165, 1.54) is 30.8 Å². The highest BCUT2D eigenvalue weighted by Crippen LogP contribution is 2.46. The number of halogens is 2. The van der Waals surface area contributed by atoms with Gasteiger partial charge >= 0.3 is 0 Å². The van der Waals surface area contributed by atoms with Crippen LogP contribution in [-0.2, 0) is 10.3 Å². The first-order valence-electron chi connectivity index (χ1n) is 9.15. The molecule has 1 aliphatic heterocycles. The quantitative estimate of drug-likeness (QED) is 0.494. The van der Waals surface area contributed by atoms with E-state index in [2.05, 4.69) is 15.0 Å². The summed E-state index contributed by atoms with van der Waals surface area (Å²) in [4.78, 5) is 11.6. The number of nitrogens with two attached hydrogens (primary N) is 1. The van der Waals surface area contributed by atoms with E-state index in [0.29, 0.717) is 11.0 Å². The lowest BCUT2D eigenvalue weighted by molar-refractivity contribution is -0.161. The number of aromatic nitrogens is 4. The minimum atomic E-state index is -2.83. The fourth-order valence-corrected chi connectivity index (χ4v) is 3.94. The highest BCUT2D eigenvalue weighted by Gasteiger charge is 2.59. The Morgan fingerprint density at radius 1 is 1.30 bits per heavy atom. The molecule has 4 heterocycles. The smallest absolute Gasteiger partial charge is 0.280 e. The first kappa shape index (κ1) is 20.5. The van der Waals surface area contributed by atoms with Crippen LogP contribution in [0.15, 0.2) is 36.9 Å². The second-order valence-electron chi connectivity index (χ2n) is 7.71. The number of alkyl halides is 2. The molecule has 11 heteroatoms. The molecule has 0 bridgehead atoms. The summed E-state index contributed by atoms with van der Waals surface area (Å²) in [5.74, 6) is 0.234. The van der Waals surface area contributed by atoms with Crippen molar-refractivity contribution in [3.05, 3.63) is 48.2 Å². The molecule has 30 heavy (non-hydrogen) atoms. The molecule has 3 aromatic rings. The molecule has 160 valence electrons. The molecule has 1 aliphatic rings. The summed E-state index contributed by atoms with van der Waals surface area (Å²) < 4.78 is 33.5. The highest BCUT2D eigenvalue weighted by molar-refractivity contribution is 5.86. The average molecular weight is 421 g/mol. The van der Waals surface area contributed by atoms with E-state index in [1.807, 2.05) is 0 Å². The van der Waals surface area contributed by atoms with E-state index in [0.717, 1.165) is 12.3 Å². The van der Waals surface area contributed by atoms with Crippen LogP contribution in [0.5, 0.6) is 0 Å². The molecule has 0 aromatic carbocycles. The minimum absolute atomic E-state index is 0.0647. The van der Waals surface area contributed by atoms with E-state index in [4.69, 9.17) is 10.5 Å². The largest absolute Gasteiger partial charge is 0.385 e. The third kappa shape index (κ3) is 3.01. The second-order valence-corrected chi connectivity index (χ2v) is 7.71. The van der Waals surface area contributed by atoms with Gasteiger partial charge in [-0.2, -0.15) is 0 Å². The van der Waals surface area contributed by atoms with E-state index in [-0.39, 0.29) is 11.4 Å². The number of hydrogen-bond acceptors (Lipinski definition) is 8. The van der Waals surface area contributed by atoms with Gasteiger partial charge < -0.3 is 30.4 Å². The second kappa shape index (κ2) is 6.91. The topological polar surface area (TPSA) is 140 Å². The van der Waals surface area contributed by atoms with Gasteiger partial charge in [0.1, 0.15) is 46.9 Å².